The van der Waals surface area contributed by atoms with E-state index in [1.54, 1.807) is 12.1 Å². The highest BCUT2D eigenvalue weighted by atomic mass is 16.6. The van der Waals surface area contributed by atoms with Crippen LogP contribution < -0.4 is 5.32 Å². The minimum absolute atomic E-state index is 0.0908. The molecule has 0 aliphatic carbocycles. The Morgan fingerprint density at radius 1 is 1.10 bits per heavy atom. The number of unbranched alkanes of at least 4 members (excludes halogenated alkanes) is 1. The fourth-order valence-electron chi connectivity index (χ4n) is 3.52. The van der Waals surface area contributed by atoms with Crippen LogP contribution in [0.15, 0.2) is 59.8 Å². The van der Waals surface area contributed by atoms with E-state index in [0.717, 1.165) is 11.1 Å². The van der Waals surface area contributed by atoms with Crippen LogP contribution in [0, 0.1) is 0 Å². The van der Waals surface area contributed by atoms with Gasteiger partial charge in [-0.1, -0.05) is 47.6 Å². The Hall–Kier alpha value is -3.19. The number of nitrogens with zero attached hydrogens (tertiary/aromatic N) is 2. The lowest BCUT2D eigenvalue weighted by Gasteiger charge is -2.23. The molecule has 30 heavy (non-hydrogen) atoms. The van der Waals surface area contributed by atoms with Crippen LogP contribution in [-0.4, -0.2) is 60.4 Å². The number of nitrogens with one attached hydrogen (secondary N) is 1. The number of carbonyl (C=O) groups excluding carboxylic acids is 2. The van der Waals surface area contributed by atoms with Gasteiger partial charge in [0.15, 0.2) is 0 Å². The molecule has 0 aromatic heterocycles. The van der Waals surface area contributed by atoms with Gasteiger partial charge in [-0.05, 0) is 36.1 Å². The van der Waals surface area contributed by atoms with E-state index in [9.17, 15) is 9.59 Å². The van der Waals surface area contributed by atoms with Crippen molar-refractivity contribution in [3.8, 4) is 11.1 Å². The van der Waals surface area contributed by atoms with Crippen molar-refractivity contribution in [2.75, 3.05) is 26.8 Å². The molecule has 2 aromatic rings. The van der Waals surface area contributed by atoms with E-state index in [1.807, 2.05) is 42.5 Å². The quantitative estimate of drug-likeness (QED) is 0.518. The van der Waals surface area contributed by atoms with Crippen molar-refractivity contribution in [2.45, 2.75) is 25.3 Å². The van der Waals surface area contributed by atoms with Crippen molar-refractivity contribution in [2.24, 2.45) is 5.16 Å². The van der Waals surface area contributed by atoms with Gasteiger partial charge in [0.2, 0.25) is 5.91 Å². The fraction of sp³-hybridized carbons (Fsp3) is 0.348. The molecule has 1 atom stereocenters. The number of rotatable bonds is 8. The topological polar surface area (TPSA) is 91.2 Å². The third-order valence-corrected chi connectivity index (χ3v) is 5.07. The highest BCUT2D eigenvalue weighted by molar-refractivity contribution is 6.05. The minimum Gasteiger partial charge on any atom is -0.399 e. The summed E-state index contributed by atoms with van der Waals surface area (Å²) in [6.07, 6.45) is 1.65. The van der Waals surface area contributed by atoms with Gasteiger partial charge >= 0.3 is 0 Å². The van der Waals surface area contributed by atoms with Gasteiger partial charge in [0.1, 0.15) is 13.2 Å². The number of hydrogen-bond acceptors (Lipinski definition) is 5. The highest BCUT2D eigenvalue weighted by Crippen LogP contribution is 2.23. The van der Waals surface area contributed by atoms with Gasteiger partial charge in [-0.25, -0.2) is 0 Å². The first kappa shape index (κ1) is 21.5. The van der Waals surface area contributed by atoms with Crippen molar-refractivity contribution in [1.29, 1.82) is 0 Å². The Labute approximate surface area is 176 Å². The molecule has 1 aliphatic heterocycles. The van der Waals surface area contributed by atoms with Gasteiger partial charge in [-0.2, -0.15) is 0 Å². The number of amides is 2. The van der Waals surface area contributed by atoms with Crippen molar-refractivity contribution in [1.82, 2.24) is 10.2 Å². The zero-order valence-corrected chi connectivity index (χ0v) is 17.1. The SMILES string of the molecule is CO/N=C1/C[C@@H](C(=O)NCCCCO)N(C(=O)c2ccc(-c3ccccc3)cc2)C1. The van der Waals surface area contributed by atoms with Crippen LogP contribution in [0.2, 0.25) is 0 Å². The normalized spacial score (nSPS) is 17.2. The predicted octanol–water partition coefficient (Wildman–Crippen LogP) is 2.46. The van der Waals surface area contributed by atoms with E-state index in [1.165, 1.54) is 12.0 Å². The number of aliphatic hydroxyl groups excluding tert-OH is 1. The lowest BCUT2D eigenvalue weighted by molar-refractivity contribution is -0.124. The first-order chi connectivity index (χ1) is 14.6. The number of hydrogen-bond donors (Lipinski definition) is 2. The molecule has 0 radical (unpaired) electrons. The van der Waals surface area contributed by atoms with Gasteiger partial charge in [-0.15, -0.1) is 0 Å². The number of aliphatic hydroxyl groups is 1. The Balaban J connectivity index is 1.74. The van der Waals surface area contributed by atoms with E-state index in [-0.39, 0.29) is 25.0 Å². The first-order valence-electron chi connectivity index (χ1n) is 10.1. The standard InChI is InChI=1S/C23H27N3O4/c1-30-25-20-15-21(22(28)24-13-5-6-14-27)26(16-20)23(29)19-11-9-18(10-12-19)17-7-3-2-4-8-17/h2-4,7-12,21,27H,5-6,13-16H2,1H3,(H,24,28)/b25-20-/t21-/m0/s1. The fourth-order valence-corrected chi connectivity index (χ4v) is 3.52. The molecule has 3 rings (SSSR count). The average Bonchev–Trinajstić information content (AvgIpc) is 3.21. The first-order valence-corrected chi connectivity index (χ1v) is 10.1. The average molecular weight is 409 g/mol. The van der Waals surface area contributed by atoms with Crippen LogP contribution >= 0.6 is 0 Å². The molecule has 7 heteroatoms. The number of carbonyl (C=O) groups is 2. The zero-order valence-electron chi connectivity index (χ0n) is 17.1. The molecule has 0 unspecified atom stereocenters. The summed E-state index contributed by atoms with van der Waals surface area (Å²) in [5.74, 6) is -0.435. The summed E-state index contributed by atoms with van der Waals surface area (Å²) in [5.41, 5.74) is 3.27. The Morgan fingerprint density at radius 3 is 2.47 bits per heavy atom. The van der Waals surface area contributed by atoms with E-state index in [0.29, 0.717) is 37.1 Å². The molecule has 2 N–H and O–H groups in total. The molecular formula is C23H27N3O4. The Bertz CT molecular complexity index is 881. The number of oxime groups is 1. The lowest BCUT2D eigenvalue weighted by Crippen LogP contribution is -2.46. The molecule has 1 aliphatic rings. The smallest absolute Gasteiger partial charge is 0.254 e. The molecule has 2 aromatic carbocycles. The second-order valence-corrected chi connectivity index (χ2v) is 7.16. The molecule has 1 fully saturated rings. The molecule has 7 nitrogen and oxygen atoms in total. The van der Waals surface area contributed by atoms with Crippen LogP contribution in [-0.2, 0) is 9.63 Å². The summed E-state index contributed by atoms with van der Waals surface area (Å²) in [4.78, 5) is 32.2. The van der Waals surface area contributed by atoms with Crippen molar-refractivity contribution in [3.63, 3.8) is 0 Å². The zero-order chi connectivity index (χ0) is 21.3. The monoisotopic (exact) mass is 409 g/mol. The van der Waals surface area contributed by atoms with Gasteiger partial charge in [0.05, 0.1) is 12.3 Å². The molecular weight excluding hydrogens is 382 g/mol. The van der Waals surface area contributed by atoms with Crippen molar-refractivity contribution in [3.05, 3.63) is 60.2 Å². The molecule has 1 saturated heterocycles. The predicted molar refractivity (Wildman–Crippen MR) is 115 cm³/mol. The second kappa shape index (κ2) is 10.5. The third-order valence-electron chi connectivity index (χ3n) is 5.07. The van der Waals surface area contributed by atoms with Crippen LogP contribution in [0.1, 0.15) is 29.6 Å². The van der Waals surface area contributed by atoms with Crippen molar-refractivity contribution >= 4 is 17.5 Å². The lowest BCUT2D eigenvalue weighted by atomic mass is 10.0. The summed E-state index contributed by atoms with van der Waals surface area (Å²) in [6.45, 7) is 0.801. The van der Waals surface area contributed by atoms with Crippen molar-refractivity contribution < 1.29 is 19.5 Å². The second-order valence-electron chi connectivity index (χ2n) is 7.16. The van der Waals surface area contributed by atoms with Crippen LogP contribution in [0.5, 0.6) is 0 Å². The van der Waals surface area contributed by atoms with Crippen LogP contribution in [0.4, 0.5) is 0 Å². The molecule has 0 bridgehead atoms. The maximum absolute atomic E-state index is 13.2. The molecule has 2 amide bonds. The summed E-state index contributed by atoms with van der Waals surface area (Å²) in [6, 6.07) is 16.7. The van der Waals surface area contributed by atoms with Crippen LogP contribution in [0.25, 0.3) is 11.1 Å². The van der Waals surface area contributed by atoms with Gasteiger partial charge in [0.25, 0.3) is 5.91 Å². The summed E-state index contributed by atoms with van der Waals surface area (Å²) in [7, 11) is 1.45. The maximum Gasteiger partial charge on any atom is 0.254 e. The van der Waals surface area contributed by atoms with Gasteiger partial charge < -0.3 is 20.2 Å². The van der Waals surface area contributed by atoms with Crippen LogP contribution in [0.3, 0.4) is 0 Å². The number of benzene rings is 2. The van der Waals surface area contributed by atoms with E-state index in [2.05, 4.69) is 10.5 Å². The highest BCUT2D eigenvalue weighted by Gasteiger charge is 2.38. The summed E-state index contributed by atoms with van der Waals surface area (Å²) >= 11 is 0. The van der Waals surface area contributed by atoms with E-state index >= 15 is 0 Å². The van der Waals surface area contributed by atoms with E-state index < -0.39 is 6.04 Å². The summed E-state index contributed by atoms with van der Waals surface area (Å²) < 4.78 is 0. The molecule has 0 spiro atoms. The van der Waals surface area contributed by atoms with Gasteiger partial charge in [0, 0.05) is 25.1 Å². The minimum atomic E-state index is -0.630. The molecule has 1 heterocycles. The largest absolute Gasteiger partial charge is 0.399 e. The molecule has 0 saturated carbocycles. The Kier molecular flexibility index (Phi) is 7.57. The Morgan fingerprint density at radius 2 is 1.80 bits per heavy atom. The summed E-state index contributed by atoms with van der Waals surface area (Å²) in [5, 5.41) is 15.7. The third kappa shape index (κ3) is 5.24. The molecule has 158 valence electrons. The van der Waals surface area contributed by atoms with E-state index in [4.69, 9.17) is 9.94 Å². The maximum atomic E-state index is 13.2. The van der Waals surface area contributed by atoms with Gasteiger partial charge in [-0.3, -0.25) is 9.59 Å². The number of likely N-dealkylation sites (tertiary alicyclic amines) is 1.